The van der Waals surface area contributed by atoms with E-state index in [-0.39, 0.29) is 36.7 Å². The largest absolute Gasteiger partial charge is 0.480 e. The maximum absolute atomic E-state index is 13.3. The predicted octanol–water partition coefficient (Wildman–Crippen LogP) is 6.45. The highest BCUT2D eigenvalue weighted by molar-refractivity contribution is 7.89. The van der Waals surface area contributed by atoms with Gasteiger partial charge in [0, 0.05) is 31.5 Å². The van der Waals surface area contributed by atoms with Crippen LogP contribution in [-0.4, -0.2) is 97.0 Å². The molecule has 4 rings (SSSR count). The summed E-state index contributed by atoms with van der Waals surface area (Å²) in [5, 5.41) is 11.2. The van der Waals surface area contributed by atoms with Gasteiger partial charge >= 0.3 is 12.2 Å². The summed E-state index contributed by atoms with van der Waals surface area (Å²) in [7, 11) is -3.75. The van der Waals surface area contributed by atoms with E-state index < -0.39 is 57.5 Å². The molecule has 5 amide bonds. The van der Waals surface area contributed by atoms with Crippen molar-refractivity contribution in [3.05, 3.63) is 59.2 Å². The van der Waals surface area contributed by atoms with Gasteiger partial charge in [-0.05, 0) is 96.8 Å². The maximum Gasteiger partial charge on any atom is 0.408 e. The van der Waals surface area contributed by atoms with Crippen LogP contribution in [0.1, 0.15) is 107 Å². The second kappa shape index (κ2) is 25.0. The fourth-order valence-corrected chi connectivity index (χ4v) is 6.55. The number of rotatable bonds is 13. The smallest absolute Gasteiger partial charge is 0.408 e. The van der Waals surface area contributed by atoms with E-state index in [4.69, 9.17) is 20.3 Å². The van der Waals surface area contributed by atoms with Gasteiger partial charge < -0.3 is 35.4 Å². The van der Waals surface area contributed by atoms with E-state index in [2.05, 4.69) is 23.0 Å². The summed E-state index contributed by atoms with van der Waals surface area (Å²) in [5.74, 6) is -1.97. The number of hydrogen-bond donors (Lipinski definition) is 4. The Balaban J connectivity index is 0.000000436. The lowest BCUT2D eigenvalue weighted by atomic mass is 10.0. The van der Waals surface area contributed by atoms with Crippen molar-refractivity contribution in [3.63, 3.8) is 0 Å². The molecule has 5 N–H and O–H groups in total. The molecule has 2 bridgehead atoms. The van der Waals surface area contributed by atoms with Gasteiger partial charge in [0.2, 0.25) is 23.7 Å². The number of sulfonamides is 1. The molecule has 2 fully saturated rings. The summed E-state index contributed by atoms with van der Waals surface area (Å²) in [6.45, 7) is 17.6. The molecule has 0 spiro atoms. The number of nitrogens with one attached hydrogen (secondary N) is 2. The fourth-order valence-electron chi connectivity index (χ4n) is 5.70. The Bertz CT molecular complexity index is 1680. The van der Waals surface area contributed by atoms with Gasteiger partial charge in [-0.1, -0.05) is 64.0 Å². The Morgan fingerprint density at radius 2 is 1.78 bits per heavy atom. The molecule has 2 heterocycles. The summed E-state index contributed by atoms with van der Waals surface area (Å²) in [6, 6.07) is -0.562. The van der Waals surface area contributed by atoms with Crippen LogP contribution in [0.3, 0.4) is 0 Å². The molecule has 0 aromatic carbocycles. The first-order valence-electron chi connectivity index (χ1n) is 19.9. The van der Waals surface area contributed by atoms with E-state index in [1.54, 1.807) is 45.9 Å². The molecule has 1 saturated heterocycles. The van der Waals surface area contributed by atoms with Crippen LogP contribution in [0.15, 0.2) is 59.2 Å². The third-order valence-electron chi connectivity index (χ3n) is 9.01. The Labute approximate surface area is 344 Å². The van der Waals surface area contributed by atoms with Crippen molar-refractivity contribution in [1.82, 2.24) is 19.8 Å². The average Bonchev–Trinajstić information content (AvgIpc) is 3.78. The van der Waals surface area contributed by atoms with Gasteiger partial charge in [0.1, 0.15) is 24.0 Å². The van der Waals surface area contributed by atoms with Crippen LogP contribution in [0.5, 0.6) is 0 Å². The Kier molecular flexibility index (Phi) is 22.1. The molecule has 328 valence electrons. The minimum Gasteiger partial charge on any atom is -0.480 e. The lowest BCUT2D eigenvalue weighted by Crippen LogP contribution is -2.48. The molecule has 15 nitrogen and oxygen atoms in total. The molecule has 0 aromatic rings. The van der Waals surface area contributed by atoms with E-state index in [0.29, 0.717) is 25.3 Å². The number of halogens is 1. The second-order valence-corrected chi connectivity index (χ2v) is 16.9. The number of likely N-dealkylation sites (tertiary alicyclic amines) is 1. The average molecular weight is 840 g/mol. The highest BCUT2D eigenvalue weighted by Gasteiger charge is 2.42. The van der Waals surface area contributed by atoms with Gasteiger partial charge in [-0.15, -0.1) is 0 Å². The molecule has 17 heteroatoms. The zero-order chi connectivity index (χ0) is 44.2. The zero-order valence-corrected chi connectivity index (χ0v) is 36.5. The minimum absolute atomic E-state index is 0.173. The Morgan fingerprint density at radius 1 is 1.10 bits per heavy atom. The van der Waals surface area contributed by atoms with Crippen LogP contribution in [0.4, 0.5) is 14.0 Å². The minimum atomic E-state index is -3.75. The van der Waals surface area contributed by atoms with Crippen LogP contribution in [0, 0.1) is 17.8 Å². The van der Waals surface area contributed by atoms with Crippen molar-refractivity contribution in [2.24, 2.45) is 23.5 Å². The van der Waals surface area contributed by atoms with Gasteiger partial charge in [0.25, 0.3) is 10.0 Å². The first-order valence-corrected chi connectivity index (χ1v) is 21.5. The molecule has 0 aromatic heterocycles. The number of nitrogens with zero attached hydrogens (tertiary/aromatic N) is 2. The molecule has 2 aliphatic heterocycles. The van der Waals surface area contributed by atoms with Gasteiger partial charge in [-0.2, -0.15) is 0 Å². The van der Waals surface area contributed by atoms with Crippen molar-refractivity contribution in [2.75, 3.05) is 32.1 Å². The van der Waals surface area contributed by atoms with Crippen molar-refractivity contribution in [2.45, 2.75) is 119 Å². The van der Waals surface area contributed by atoms with Gasteiger partial charge in [0.15, 0.2) is 0 Å². The molecular weight excluding hydrogens is 774 g/mol. The monoisotopic (exact) mass is 839 g/mol. The molecule has 1 saturated carbocycles. The Hall–Kier alpha value is -4.67. The maximum atomic E-state index is 13.3. The number of ether oxygens (including phenoxy) is 2. The van der Waals surface area contributed by atoms with Crippen molar-refractivity contribution >= 4 is 39.9 Å². The lowest BCUT2D eigenvalue weighted by molar-refractivity contribution is -0.136. The number of primary amides is 1. The topological polar surface area (TPSA) is 215 Å². The predicted molar refractivity (Wildman–Crippen MR) is 221 cm³/mol. The first kappa shape index (κ1) is 51.3. The van der Waals surface area contributed by atoms with Crippen LogP contribution >= 0.6 is 0 Å². The van der Waals surface area contributed by atoms with Gasteiger partial charge in [-0.3, -0.25) is 14.4 Å². The quantitative estimate of drug-likeness (QED) is 0.0903. The second-order valence-electron chi connectivity index (χ2n) is 15.3. The number of unbranched alkanes of at least 4 members (excludes halogenated alkanes) is 3. The highest BCUT2D eigenvalue weighted by atomic mass is 32.2. The third-order valence-corrected chi connectivity index (χ3v) is 9.95. The van der Waals surface area contributed by atoms with Crippen molar-refractivity contribution in [3.8, 4) is 0 Å². The number of amides is 5. The summed E-state index contributed by atoms with van der Waals surface area (Å²) >= 11 is 0. The zero-order valence-electron chi connectivity index (χ0n) is 35.6. The lowest BCUT2D eigenvalue weighted by Gasteiger charge is -2.27. The van der Waals surface area contributed by atoms with Gasteiger partial charge in [0.05, 0.1) is 5.76 Å². The summed E-state index contributed by atoms with van der Waals surface area (Å²) < 4.78 is 49.3. The van der Waals surface area contributed by atoms with E-state index in [1.807, 2.05) is 33.8 Å². The number of carboxylic acid groups (broad SMARTS) is 1. The number of carbonyl (C=O) groups is 5. The van der Waals surface area contributed by atoms with Crippen LogP contribution < -0.4 is 15.8 Å². The highest BCUT2D eigenvalue weighted by Crippen LogP contribution is 2.40. The van der Waals surface area contributed by atoms with Crippen LogP contribution in [-0.2, 0) is 33.9 Å². The molecule has 58 heavy (non-hydrogen) atoms. The summed E-state index contributed by atoms with van der Waals surface area (Å²) in [5.41, 5.74) is 6.36. The van der Waals surface area contributed by atoms with E-state index in [9.17, 15) is 36.8 Å². The number of carbonyl (C=O) groups excluding carboxylic acids is 4. The summed E-state index contributed by atoms with van der Waals surface area (Å²) in [4.78, 5) is 59.8. The number of hydrogen-bond acceptors (Lipinski definition) is 9. The molecule has 2 aliphatic carbocycles. The molecular formula is C41H66FN5O10S. The molecule has 4 atom stereocenters. The van der Waals surface area contributed by atoms with Crippen LogP contribution in [0.25, 0.3) is 0 Å². The number of allylic oxidation sites excluding steroid dienone is 6. The first-order chi connectivity index (χ1) is 27.1. The standard InChI is InChI=1S/C17H29NO4S.C12H21N3O4.C10H10FNO2.C2H6/c1-5-6-7-8-9-10-15-11-16(15)17(19)18-23(20,21)12-22-14(4)13(2)3;1-12(2,3)19-11(18)14-7-9(16)15-6-4-5-8(15)10(13)17;11-9-3-1-2-7-4-8(9)6-12(5-7)10(13)14;1-2/h9-10,15-16H,5-8,11-12H2,1-4H3,(H,18,19);8H,4-7H2,1-3H3,(H2,13,17)(H,14,18);1-4,8H,5-6H2,(H,13,14);1-2H3/b10-9-;;;. The fraction of sp³-hybridized carbons (Fsp3) is 0.634. The number of alkyl carbamates (subject to hydrolysis) is 1. The number of nitrogens with two attached hydrogens (primary N) is 1. The third kappa shape index (κ3) is 19.7. The van der Waals surface area contributed by atoms with E-state index >= 15 is 0 Å². The van der Waals surface area contributed by atoms with Gasteiger partial charge in [-0.25, -0.2) is 27.1 Å². The number of fused-ring (bicyclic) bond motifs is 1. The van der Waals surface area contributed by atoms with Crippen molar-refractivity contribution in [1.29, 1.82) is 0 Å². The van der Waals surface area contributed by atoms with E-state index in [0.717, 1.165) is 36.8 Å². The Morgan fingerprint density at radius 3 is 2.36 bits per heavy atom. The molecule has 0 radical (unpaired) electrons. The van der Waals surface area contributed by atoms with E-state index in [1.165, 1.54) is 28.7 Å². The molecule has 4 unspecified atom stereocenters. The van der Waals surface area contributed by atoms with Crippen molar-refractivity contribution < 1.29 is 51.4 Å². The SMILES string of the molecule is CC.CC(C)(C)OC(=O)NCC(=O)N1CCCC1C(N)=O.CCCCC/C=C\C1CC1C(=O)NS(=O)(=O)COC(C)=C(C)C.O=C(O)N1CC2=CC(C1)C(F)=CC=C2. The molecule has 4 aliphatic rings. The normalized spacial score (nSPS) is 20.5. The summed E-state index contributed by atoms with van der Waals surface area (Å²) in [6.07, 6.45) is 15.6. The van der Waals surface area contributed by atoms with Crippen LogP contribution in [0.2, 0.25) is 0 Å².